The van der Waals surface area contributed by atoms with E-state index in [1.165, 1.54) is 16.4 Å². The van der Waals surface area contributed by atoms with Crippen LogP contribution in [-0.4, -0.2) is 38.9 Å². The highest BCUT2D eigenvalue weighted by Gasteiger charge is 2.37. The van der Waals surface area contributed by atoms with Gasteiger partial charge >= 0.3 is 0 Å². The van der Waals surface area contributed by atoms with Crippen molar-refractivity contribution in [2.75, 3.05) is 26.2 Å². The highest BCUT2D eigenvalue weighted by molar-refractivity contribution is 9.10. The maximum absolute atomic E-state index is 13.6. The van der Waals surface area contributed by atoms with Crippen LogP contribution in [-0.2, 0) is 10.0 Å². The molecular formula is C13H17BrClFN2O2S. The van der Waals surface area contributed by atoms with Gasteiger partial charge in [-0.15, -0.1) is 12.4 Å². The van der Waals surface area contributed by atoms with Crippen molar-refractivity contribution in [3.05, 3.63) is 28.5 Å². The molecular weight excluding hydrogens is 383 g/mol. The third-order valence-corrected chi connectivity index (χ3v) is 6.70. The van der Waals surface area contributed by atoms with Gasteiger partial charge in [0.25, 0.3) is 0 Å². The van der Waals surface area contributed by atoms with Crippen molar-refractivity contribution >= 4 is 38.4 Å². The Labute approximate surface area is 138 Å². The molecule has 2 atom stereocenters. The van der Waals surface area contributed by atoms with E-state index in [-0.39, 0.29) is 21.8 Å². The number of nitrogens with one attached hydrogen (secondary N) is 1. The Morgan fingerprint density at radius 2 is 2.00 bits per heavy atom. The zero-order valence-corrected chi connectivity index (χ0v) is 14.5. The maximum atomic E-state index is 13.6. The van der Waals surface area contributed by atoms with Crippen LogP contribution in [0, 0.1) is 17.7 Å². The van der Waals surface area contributed by atoms with E-state index in [2.05, 4.69) is 21.2 Å². The van der Waals surface area contributed by atoms with Crippen LogP contribution < -0.4 is 5.32 Å². The summed E-state index contributed by atoms with van der Waals surface area (Å²) in [6.45, 7) is 2.89. The van der Waals surface area contributed by atoms with Crippen LogP contribution in [0.4, 0.5) is 4.39 Å². The summed E-state index contributed by atoms with van der Waals surface area (Å²) in [5.74, 6) is 0.394. The predicted octanol–water partition coefficient (Wildman–Crippen LogP) is 2.24. The topological polar surface area (TPSA) is 49.4 Å². The van der Waals surface area contributed by atoms with Gasteiger partial charge in [0.15, 0.2) is 0 Å². The first-order valence-electron chi connectivity index (χ1n) is 6.64. The number of hydrogen-bond acceptors (Lipinski definition) is 3. The molecule has 0 spiro atoms. The molecule has 3 rings (SSSR count). The molecule has 21 heavy (non-hydrogen) atoms. The van der Waals surface area contributed by atoms with Crippen molar-refractivity contribution in [1.29, 1.82) is 0 Å². The van der Waals surface area contributed by atoms with Crippen molar-refractivity contribution in [2.24, 2.45) is 11.8 Å². The Hall–Kier alpha value is -0.210. The lowest BCUT2D eigenvalue weighted by molar-refractivity contribution is 0.228. The van der Waals surface area contributed by atoms with Gasteiger partial charge in [0.2, 0.25) is 10.0 Å². The molecule has 1 aromatic carbocycles. The second kappa shape index (κ2) is 6.50. The lowest BCUT2D eigenvalue weighted by Crippen LogP contribution is -2.43. The molecule has 2 unspecified atom stereocenters. The quantitative estimate of drug-likeness (QED) is 0.830. The van der Waals surface area contributed by atoms with Crippen LogP contribution in [0.15, 0.2) is 27.6 Å². The SMILES string of the molecule is Cl.O=S(=O)(c1ccc(Br)c(F)c1)N1CCC2CNCC2C1. The molecule has 0 aliphatic carbocycles. The van der Waals surface area contributed by atoms with E-state index in [9.17, 15) is 12.8 Å². The smallest absolute Gasteiger partial charge is 0.243 e. The van der Waals surface area contributed by atoms with E-state index in [4.69, 9.17) is 0 Å². The Morgan fingerprint density at radius 3 is 2.71 bits per heavy atom. The van der Waals surface area contributed by atoms with Gasteiger partial charge in [0, 0.05) is 13.1 Å². The largest absolute Gasteiger partial charge is 0.316 e. The highest BCUT2D eigenvalue weighted by Crippen LogP contribution is 2.30. The van der Waals surface area contributed by atoms with Crippen molar-refractivity contribution < 1.29 is 12.8 Å². The number of fused-ring (bicyclic) bond motifs is 1. The van der Waals surface area contributed by atoms with Crippen molar-refractivity contribution in [1.82, 2.24) is 9.62 Å². The second-order valence-electron chi connectivity index (χ2n) is 5.41. The lowest BCUT2D eigenvalue weighted by Gasteiger charge is -2.33. The molecule has 0 radical (unpaired) electrons. The number of rotatable bonds is 2. The Kier molecular flexibility index (Phi) is 5.31. The minimum atomic E-state index is -3.60. The van der Waals surface area contributed by atoms with Crippen LogP contribution in [0.1, 0.15) is 6.42 Å². The van der Waals surface area contributed by atoms with Gasteiger partial charge in [-0.1, -0.05) is 0 Å². The first-order valence-corrected chi connectivity index (χ1v) is 8.87. The molecule has 0 bridgehead atoms. The number of piperidine rings is 1. The average molecular weight is 400 g/mol. The number of nitrogens with zero attached hydrogens (tertiary/aromatic N) is 1. The zero-order chi connectivity index (χ0) is 14.3. The fourth-order valence-electron chi connectivity index (χ4n) is 3.01. The molecule has 2 aliphatic heterocycles. The monoisotopic (exact) mass is 398 g/mol. The minimum absolute atomic E-state index is 0. The first-order chi connectivity index (χ1) is 9.48. The lowest BCUT2D eigenvalue weighted by atomic mass is 9.90. The van der Waals surface area contributed by atoms with Gasteiger partial charge in [-0.2, -0.15) is 4.31 Å². The van der Waals surface area contributed by atoms with Crippen LogP contribution >= 0.6 is 28.3 Å². The fourth-order valence-corrected chi connectivity index (χ4v) is 4.78. The molecule has 118 valence electrons. The molecule has 8 heteroatoms. The molecule has 0 amide bonds. The van der Waals surface area contributed by atoms with Crippen molar-refractivity contribution in [2.45, 2.75) is 11.3 Å². The maximum Gasteiger partial charge on any atom is 0.243 e. The van der Waals surface area contributed by atoms with E-state index in [0.29, 0.717) is 24.9 Å². The van der Waals surface area contributed by atoms with Crippen LogP contribution in [0.2, 0.25) is 0 Å². The second-order valence-corrected chi connectivity index (χ2v) is 8.20. The van der Waals surface area contributed by atoms with Gasteiger partial charge in [0.1, 0.15) is 5.82 Å². The Bertz CT molecular complexity index is 629. The van der Waals surface area contributed by atoms with Gasteiger partial charge in [0.05, 0.1) is 9.37 Å². The van der Waals surface area contributed by atoms with Crippen molar-refractivity contribution in [3.8, 4) is 0 Å². The van der Waals surface area contributed by atoms with Crippen LogP contribution in [0.5, 0.6) is 0 Å². The van der Waals surface area contributed by atoms with Gasteiger partial charge in [-0.05, 0) is 65.5 Å². The summed E-state index contributed by atoms with van der Waals surface area (Å²) in [6, 6.07) is 3.96. The number of hydrogen-bond donors (Lipinski definition) is 1. The number of sulfonamides is 1. The molecule has 4 nitrogen and oxygen atoms in total. The molecule has 1 aromatic rings. The molecule has 0 saturated carbocycles. The molecule has 1 N–H and O–H groups in total. The third-order valence-electron chi connectivity index (χ3n) is 4.20. The third kappa shape index (κ3) is 3.27. The summed E-state index contributed by atoms with van der Waals surface area (Å²) in [5, 5.41) is 3.30. The zero-order valence-electron chi connectivity index (χ0n) is 11.3. The predicted molar refractivity (Wildman–Crippen MR) is 84.6 cm³/mol. The van der Waals surface area contributed by atoms with Gasteiger partial charge in [-0.25, -0.2) is 12.8 Å². The highest BCUT2D eigenvalue weighted by atomic mass is 79.9. The standard InChI is InChI=1S/C13H16BrFN2O2S.ClH/c14-12-2-1-11(5-13(12)15)20(18,19)17-4-3-9-6-16-7-10(9)8-17;/h1-2,5,9-10,16H,3-4,6-8H2;1H. The van der Waals surface area contributed by atoms with Gasteiger partial charge < -0.3 is 5.32 Å². The number of halogens is 3. The van der Waals surface area contributed by atoms with Crippen molar-refractivity contribution in [3.63, 3.8) is 0 Å². The Morgan fingerprint density at radius 1 is 1.29 bits per heavy atom. The summed E-state index contributed by atoms with van der Waals surface area (Å²) >= 11 is 3.04. The summed E-state index contributed by atoms with van der Waals surface area (Å²) in [7, 11) is -3.60. The Balaban J connectivity index is 0.00000161. The molecule has 2 aliphatic rings. The number of benzene rings is 1. The van der Waals surface area contributed by atoms with Crippen LogP contribution in [0.3, 0.4) is 0 Å². The van der Waals surface area contributed by atoms with E-state index in [0.717, 1.165) is 25.6 Å². The summed E-state index contributed by atoms with van der Waals surface area (Å²) in [6.07, 6.45) is 0.871. The van der Waals surface area contributed by atoms with E-state index in [1.807, 2.05) is 0 Å². The first kappa shape index (κ1) is 17.1. The van der Waals surface area contributed by atoms with E-state index < -0.39 is 15.8 Å². The average Bonchev–Trinajstić information content (AvgIpc) is 2.89. The molecule has 2 heterocycles. The fraction of sp³-hybridized carbons (Fsp3) is 0.538. The van der Waals surface area contributed by atoms with Crippen LogP contribution in [0.25, 0.3) is 0 Å². The summed E-state index contributed by atoms with van der Waals surface area (Å²) < 4.78 is 40.4. The molecule has 2 saturated heterocycles. The van der Waals surface area contributed by atoms with E-state index in [1.54, 1.807) is 0 Å². The minimum Gasteiger partial charge on any atom is -0.316 e. The van der Waals surface area contributed by atoms with E-state index >= 15 is 0 Å². The summed E-state index contributed by atoms with van der Waals surface area (Å²) in [5.41, 5.74) is 0. The molecule has 0 aromatic heterocycles. The van der Waals surface area contributed by atoms with Gasteiger partial charge in [-0.3, -0.25) is 0 Å². The normalized spacial score (nSPS) is 26.2. The molecule has 2 fully saturated rings. The summed E-state index contributed by atoms with van der Waals surface area (Å²) in [4.78, 5) is 0.0302.